The minimum absolute atomic E-state index is 0.451. The molecule has 0 aliphatic heterocycles. The number of rotatable bonds is 6. The number of hydrogen-bond acceptors (Lipinski definition) is 3. The van der Waals surface area contributed by atoms with Crippen molar-refractivity contribution in [2.24, 2.45) is 5.92 Å². The van der Waals surface area contributed by atoms with Crippen LogP contribution in [0.25, 0.3) is 0 Å². The maximum absolute atomic E-state index is 11.4. The molecular formula is C11H20N2O3. The predicted octanol–water partition coefficient (Wildman–Crippen LogP) is 0.355. The van der Waals surface area contributed by atoms with Gasteiger partial charge in [-0.05, 0) is 19.4 Å². The van der Waals surface area contributed by atoms with Crippen LogP contribution in [0, 0.1) is 5.92 Å². The molecule has 1 saturated carbocycles. The number of aliphatic carboxylic acids is 1. The van der Waals surface area contributed by atoms with Gasteiger partial charge in [-0.15, -0.1) is 0 Å². The second kappa shape index (κ2) is 6.48. The van der Waals surface area contributed by atoms with E-state index in [0.29, 0.717) is 12.5 Å². The van der Waals surface area contributed by atoms with Crippen molar-refractivity contribution in [3.8, 4) is 0 Å². The Morgan fingerprint density at radius 2 is 2.00 bits per heavy atom. The molecular weight excluding hydrogens is 208 g/mol. The van der Waals surface area contributed by atoms with Crippen molar-refractivity contribution < 1.29 is 14.7 Å². The Morgan fingerprint density at radius 3 is 2.50 bits per heavy atom. The average Bonchev–Trinajstić information content (AvgIpc) is 2.71. The van der Waals surface area contributed by atoms with E-state index in [-0.39, 0.29) is 0 Å². The van der Waals surface area contributed by atoms with Crippen LogP contribution in [-0.4, -0.2) is 36.6 Å². The number of carboxylic acid groups (broad SMARTS) is 1. The molecule has 0 aromatic carbocycles. The van der Waals surface area contributed by atoms with Crippen molar-refractivity contribution >= 4 is 11.9 Å². The van der Waals surface area contributed by atoms with Crippen molar-refractivity contribution in [2.45, 2.75) is 38.1 Å². The molecule has 16 heavy (non-hydrogen) atoms. The van der Waals surface area contributed by atoms with Crippen LogP contribution < -0.4 is 10.6 Å². The van der Waals surface area contributed by atoms with Gasteiger partial charge in [-0.1, -0.05) is 25.7 Å². The summed E-state index contributed by atoms with van der Waals surface area (Å²) in [6, 6.07) is -1.14. The SMILES string of the molecule is CNC(C(=O)O)C(=O)NCCC1CCCC1. The third-order valence-electron chi connectivity index (χ3n) is 3.12. The van der Waals surface area contributed by atoms with Gasteiger partial charge in [0.2, 0.25) is 5.91 Å². The number of carboxylic acids is 1. The van der Waals surface area contributed by atoms with E-state index in [4.69, 9.17) is 5.11 Å². The smallest absolute Gasteiger partial charge is 0.330 e. The summed E-state index contributed by atoms with van der Waals surface area (Å²) in [4.78, 5) is 22.1. The van der Waals surface area contributed by atoms with Crippen molar-refractivity contribution in [1.82, 2.24) is 10.6 Å². The minimum Gasteiger partial charge on any atom is -0.480 e. The molecule has 3 N–H and O–H groups in total. The standard InChI is InChI=1S/C11H20N2O3/c1-12-9(11(15)16)10(14)13-7-6-8-4-2-3-5-8/h8-9,12H,2-7H2,1H3,(H,13,14)(H,15,16). The molecule has 0 bridgehead atoms. The summed E-state index contributed by atoms with van der Waals surface area (Å²) >= 11 is 0. The summed E-state index contributed by atoms with van der Waals surface area (Å²) in [5, 5.41) is 13.9. The van der Waals surface area contributed by atoms with Crippen molar-refractivity contribution in [2.75, 3.05) is 13.6 Å². The Kier molecular flexibility index (Phi) is 5.25. The van der Waals surface area contributed by atoms with Gasteiger partial charge in [-0.3, -0.25) is 10.1 Å². The van der Waals surface area contributed by atoms with Gasteiger partial charge < -0.3 is 10.4 Å². The molecule has 0 saturated heterocycles. The van der Waals surface area contributed by atoms with Crippen molar-refractivity contribution in [3.05, 3.63) is 0 Å². The summed E-state index contributed by atoms with van der Waals surface area (Å²) in [7, 11) is 1.47. The molecule has 0 spiro atoms. The average molecular weight is 228 g/mol. The molecule has 1 fully saturated rings. The molecule has 5 nitrogen and oxygen atoms in total. The molecule has 0 aromatic rings. The molecule has 1 amide bonds. The van der Waals surface area contributed by atoms with E-state index in [2.05, 4.69) is 10.6 Å². The third-order valence-corrected chi connectivity index (χ3v) is 3.12. The van der Waals surface area contributed by atoms with E-state index >= 15 is 0 Å². The lowest BCUT2D eigenvalue weighted by Crippen LogP contribution is -2.48. The lowest BCUT2D eigenvalue weighted by molar-refractivity contribution is -0.143. The van der Waals surface area contributed by atoms with E-state index in [1.165, 1.54) is 32.7 Å². The van der Waals surface area contributed by atoms with E-state index in [1.807, 2.05) is 0 Å². The first-order valence-electron chi connectivity index (χ1n) is 5.83. The Bertz CT molecular complexity index is 250. The normalized spacial score (nSPS) is 18.3. The number of carbonyl (C=O) groups is 2. The van der Waals surface area contributed by atoms with Gasteiger partial charge in [-0.25, -0.2) is 4.79 Å². The van der Waals surface area contributed by atoms with E-state index < -0.39 is 17.9 Å². The van der Waals surface area contributed by atoms with Crippen LogP contribution in [0.2, 0.25) is 0 Å². The van der Waals surface area contributed by atoms with Crippen LogP contribution >= 0.6 is 0 Å². The van der Waals surface area contributed by atoms with Crippen molar-refractivity contribution in [1.29, 1.82) is 0 Å². The van der Waals surface area contributed by atoms with Gasteiger partial charge in [-0.2, -0.15) is 0 Å². The van der Waals surface area contributed by atoms with Gasteiger partial charge in [0, 0.05) is 6.54 Å². The minimum atomic E-state index is -1.14. The zero-order valence-corrected chi connectivity index (χ0v) is 9.66. The zero-order valence-electron chi connectivity index (χ0n) is 9.66. The second-order valence-corrected chi connectivity index (χ2v) is 4.29. The molecule has 1 rings (SSSR count). The second-order valence-electron chi connectivity index (χ2n) is 4.29. The first-order chi connectivity index (χ1) is 7.65. The summed E-state index contributed by atoms with van der Waals surface area (Å²) in [6.45, 7) is 0.578. The number of nitrogens with one attached hydrogen (secondary N) is 2. The van der Waals surface area contributed by atoms with E-state index in [0.717, 1.165) is 6.42 Å². The van der Waals surface area contributed by atoms with Crippen LogP contribution in [0.1, 0.15) is 32.1 Å². The number of carbonyl (C=O) groups excluding carboxylic acids is 1. The fourth-order valence-corrected chi connectivity index (χ4v) is 2.17. The molecule has 0 aromatic heterocycles. The van der Waals surface area contributed by atoms with Gasteiger partial charge in [0.25, 0.3) is 0 Å². The largest absolute Gasteiger partial charge is 0.480 e. The number of hydrogen-bond donors (Lipinski definition) is 3. The highest BCUT2D eigenvalue weighted by Crippen LogP contribution is 2.26. The highest BCUT2D eigenvalue weighted by atomic mass is 16.4. The fraction of sp³-hybridized carbons (Fsp3) is 0.818. The van der Waals surface area contributed by atoms with E-state index in [1.54, 1.807) is 0 Å². The van der Waals surface area contributed by atoms with Crippen LogP contribution in [0.15, 0.2) is 0 Å². The van der Waals surface area contributed by atoms with Crippen LogP contribution in [0.4, 0.5) is 0 Å². The van der Waals surface area contributed by atoms with Crippen molar-refractivity contribution in [3.63, 3.8) is 0 Å². The van der Waals surface area contributed by atoms with Gasteiger partial charge in [0.1, 0.15) is 0 Å². The maximum Gasteiger partial charge on any atom is 0.330 e. The Labute approximate surface area is 95.6 Å². The molecule has 1 unspecified atom stereocenters. The molecule has 92 valence electrons. The van der Waals surface area contributed by atoms with E-state index in [9.17, 15) is 9.59 Å². The lowest BCUT2D eigenvalue weighted by atomic mass is 10.0. The molecule has 1 aliphatic carbocycles. The molecule has 0 heterocycles. The monoisotopic (exact) mass is 228 g/mol. The van der Waals surface area contributed by atoms with Crippen LogP contribution in [0.3, 0.4) is 0 Å². The number of amides is 1. The molecule has 0 radical (unpaired) electrons. The predicted molar refractivity (Wildman–Crippen MR) is 60.1 cm³/mol. The lowest BCUT2D eigenvalue weighted by Gasteiger charge is -2.13. The highest BCUT2D eigenvalue weighted by molar-refractivity contribution is 6.01. The quantitative estimate of drug-likeness (QED) is 0.573. The third kappa shape index (κ3) is 3.81. The fourth-order valence-electron chi connectivity index (χ4n) is 2.17. The van der Waals surface area contributed by atoms with Crippen LogP contribution in [0.5, 0.6) is 0 Å². The topological polar surface area (TPSA) is 78.4 Å². The highest BCUT2D eigenvalue weighted by Gasteiger charge is 2.24. The summed E-state index contributed by atoms with van der Waals surface area (Å²) < 4.78 is 0. The Balaban J connectivity index is 2.20. The first-order valence-corrected chi connectivity index (χ1v) is 5.83. The first kappa shape index (κ1) is 13.0. The molecule has 1 aliphatic rings. The summed E-state index contributed by atoms with van der Waals surface area (Å²) in [5.74, 6) is -0.882. The van der Waals surface area contributed by atoms with Gasteiger partial charge in [0.15, 0.2) is 6.04 Å². The molecule has 1 atom stereocenters. The Hall–Kier alpha value is -1.10. The van der Waals surface area contributed by atoms with Gasteiger partial charge >= 0.3 is 5.97 Å². The molecule has 5 heteroatoms. The number of likely N-dealkylation sites (N-methyl/N-ethyl adjacent to an activating group) is 1. The summed E-state index contributed by atoms with van der Waals surface area (Å²) in [5.41, 5.74) is 0. The summed E-state index contributed by atoms with van der Waals surface area (Å²) in [6.07, 6.45) is 6.01. The maximum atomic E-state index is 11.4. The van der Waals surface area contributed by atoms with Crippen LogP contribution in [-0.2, 0) is 9.59 Å². The Morgan fingerprint density at radius 1 is 1.38 bits per heavy atom. The van der Waals surface area contributed by atoms with Gasteiger partial charge in [0.05, 0.1) is 0 Å². The zero-order chi connectivity index (χ0) is 12.0.